The largest absolute Gasteiger partial charge is 0.297 e. The van der Waals surface area contributed by atoms with Gasteiger partial charge in [-0.3, -0.25) is 14.9 Å². The SMILES string of the molecule is O=S1(=O)c2ccc(-c3cccnc3)cc2[C@@H]2CN(Cc3ccncc3)C[C@@H]21. The first-order chi connectivity index (χ1) is 13.1. The van der Waals surface area contributed by atoms with Crippen molar-refractivity contribution in [2.24, 2.45) is 0 Å². The lowest BCUT2D eigenvalue weighted by Gasteiger charge is -2.17. The minimum atomic E-state index is -3.28. The van der Waals surface area contributed by atoms with Gasteiger partial charge < -0.3 is 0 Å². The Balaban J connectivity index is 1.49. The van der Waals surface area contributed by atoms with E-state index >= 15 is 0 Å². The Morgan fingerprint density at radius 3 is 2.59 bits per heavy atom. The second kappa shape index (κ2) is 6.25. The summed E-state index contributed by atoms with van der Waals surface area (Å²) in [5.74, 6) is 0.0310. The first kappa shape index (κ1) is 16.6. The molecule has 0 radical (unpaired) electrons. The Kier molecular flexibility index (Phi) is 3.84. The first-order valence-corrected chi connectivity index (χ1v) is 10.6. The number of rotatable bonds is 3. The van der Waals surface area contributed by atoms with E-state index in [0.717, 1.165) is 35.3 Å². The van der Waals surface area contributed by atoms with E-state index in [-0.39, 0.29) is 11.2 Å². The van der Waals surface area contributed by atoms with Crippen molar-refractivity contribution in [1.82, 2.24) is 14.9 Å². The molecule has 0 bridgehead atoms. The molecule has 6 heteroatoms. The van der Waals surface area contributed by atoms with Crippen LogP contribution >= 0.6 is 0 Å². The predicted molar refractivity (Wildman–Crippen MR) is 103 cm³/mol. The third-order valence-corrected chi connectivity index (χ3v) is 7.87. The van der Waals surface area contributed by atoms with Gasteiger partial charge in [0.25, 0.3) is 0 Å². The summed E-state index contributed by atoms with van der Waals surface area (Å²) < 4.78 is 26.1. The highest BCUT2D eigenvalue weighted by Crippen LogP contribution is 2.46. The first-order valence-electron chi connectivity index (χ1n) is 9.02. The molecule has 1 fully saturated rings. The van der Waals surface area contributed by atoms with E-state index < -0.39 is 9.84 Å². The molecular weight excluding hydrogens is 358 g/mol. The molecule has 0 unspecified atom stereocenters. The van der Waals surface area contributed by atoms with Crippen LogP contribution < -0.4 is 0 Å². The van der Waals surface area contributed by atoms with Crippen molar-refractivity contribution >= 4 is 9.84 Å². The molecule has 1 saturated heterocycles. The van der Waals surface area contributed by atoms with Gasteiger partial charge in [0.1, 0.15) is 0 Å². The van der Waals surface area contributed by atoms with Crippen molar-refractivity contribution in [1.29, 1.82) is 0 Å². The van der Waals surface area contributed by atoms with Crippen molar-refractivity contribution < 1.29 is 8.42 Å². The molecule has 0 aliphatic carbocycles. The van der Waals surface area contributed by atoms with E-state index in [1.165, 1.54) is 0 Å². The van der Waals surface area contributed by atoms with Crippen LogP contribution in [0.1, 0.15) is 17.0 Å². The molecule has 0 amide bonds. The molecule has 5 rings (SSSR count). The molecule has 4 heterocycles. The van der Waals surface area contributed by atoms with E-state index in [1.807, 2.05) is 42.6 Å². The summed E-state index contributed by atoms with van der Waals surface area (Å²) in [7, 11) is -3.28. The minimum Gasteiger partial charge on any atom is -0.297 e. The van der Waals surface area contributed by atoms with E-state index in [2.05, 4.69) is 14.9 Å². The molecule has 27 heavy (non-hydrogen) atoms. The summed E-state index contributed by atoms with van der Waals surface area (Å²) in [6.45, 7) is 2.09. The normalized spacial score (nSPS) is 23.1. The molecule has 1 aromatic carbocycles. The summed E-state index contributed by atoms with van der Waals surface area (Å²) in [4.78, 5) is 11.0. The highest BCUT2D eigenvalue weighted by Gasteiger charge is 2.50. The van der Waals surface area contributed by atoms with Crippen LogP contribution in [0.5, 0.6) is 0 Å². The van der Waals surface area contributed by atoms with Gasteiger partial charge in [0.2, 0.25) is 0 Å². The smallest absolute Gasteiger partial charge is 0.183 e. The third kappa shape index (κ3) is 2.76. The van der Waals surface area contributed by atoms with Crippen molar-refractivity contribution in [2.75, 3.05) is 13.1 Å². The number of sulfone groups is 1. The number of benzene rings is 1. The Hall–Kier alpha value is -2.57. The Morgan fingerprint density at radius 1 is 0.963 bits per heavy atom. The highest BCUT2D eigenvalue weighted by molar-refractivity contribution is 7.92. The predicted octanol–water partition coefficient (Wildman–Crippen LogP) is 2.90. The van der Waals surface area contributed by atoms with Gasteiger partial charge >= 0.3 is 0 Å². The van der Waals surface area contributed by atoms with Crippen LogP contribution in [0.4, 0.5) is 0 Å². The standard InChI is InChI=1S/C21H19N3O2S/c25-27(26)20-4-3-16(17-2-1-7-23-11-17)10-18(20)19-13-24(14-21(19)27)12-15-5-8-22-9-6-15/h1-11,19,21H,12-14H2/t19-,21-/m0/s1. The summed E-state index contributed by atoms with van der Waals surface area (Å²) >= 11 is 0. The van der Waals surface area contributed by atoms with E-state index in [4.69, 9.17) is 0 Å². The number of fused-ring (bicyclic) bond motifs is 3. The van der Waals surface area contributed by atoms with Crippen LogP contribution in [0.25, 0.3) is 11.1 Å². The Bertz CT molecular complexity index is 1080. The van der Waals surface area contributed by atoms with Crippen molar-refractivity contribution in [2.45, 2.75) is 22.6 Å². The lowest BCUT2D eigenvalue weighted by molar-refractivity contribution is 0.325. The van der Waals surface area contributed by atoms with E-state index in [9.17, 15) is 8.42 Å². The Morgan fingerprint density at radius 2 is 1.81 bits per heavy atom. The van der Waals surface area contributed by atoms with Crippen molar-refractivity contribution in [3.8, 4) is 11.1 Å². The van der Waals surface area contributed by atoms with E-state index in [1.54, 1.807) is 24.7 Å². The van der Waals surface area contributed by atoms with E-state index in [0.29, 0.717) is 11.4 Å². The molecule has 5 nitrogen and oxygen atoms in total. The monoisotopic (exact) mass is 377 g/mol. The van der Waals surface area contributed by atoms with Gasteiger partial charge in [-0.15, -0.1) is 0 Å². The van der Waals surface area contributed by atoms with Gasteiger partial charge in [0.05, 0.1) is 10.1 Å². The Labute approximate surface area is 158 Å². The number of hydrogen-bond acceptors (Lipinski definition) is 5. The fraction of sp³-hybridized carbons (Fsp3) is 0.238. The average molecular weight is 377 g/mol. The molecule has 0 N–H and O–H groups in total. The van der Waals surface area contributed by atoms with Crippen LogP contribution in [0.2, 0.25) is 0 Å². The quantitative estimate of drug-likeness (QED) is 0.702. The second-order valence-corrected chi connectivity index (χ2v) is 9.37. The molecular formula is C21H19N3O2S. The number of nitrogens with zero attached hydrogens (tertiary/aromatic N) is 3. The number of likely N-dealkylation sites (tertiary alicyclic amines) is 1. The van der Waals surface area contributed by atoms with Gasteiger partial charge in [-0.05, 0) is 52.6 Å². The zero-order valence-electron chi connectivity index (χ0n) is 14.7. The lowest BCUT2D eigenvalue weighted by Crippen LogP contribution is -2.25. The van der Waals surface area contributed by atoms with Gasteiger partial charge in [0, 0.05) is 50.3 Å². The van der Waals surface area contributed by atoms with Crippen LogP contribution in [0.3, 0.4) is 0 Å². The maximum atomic E-state index is 13.1. The zero-order chi connectivity index (χ0) is 18.4. The van der Waals surface area contributed by atoms with Crippen LogP contribution in [-0.4, -0.2) is 41.6 Å². The summed E-state index contributed by atoms with van der Waals surface area (Å²) in [6, 6.07) is 13.6. The zero-order valence-corrected chi connectivity index (χ0v) is 15.5. The highest BCUT2D eigenvalue weighted by atomic mass is 32.2. The van der Waals surface area contributed by atoms with Crippen LogP contribution in [0.15, 0.2) is 72.1 Å². The molecule has 0 saturated carbocycles. The third-order valence-electron chi connectivity index (χ3n) is 5.61. The van der Waals surface area contributed by atoms with Gasteiger partial charge in [-0.2, -0.15) is 0 Å². The van der Waals surface area contributed by atoms with Crippen LogP contribution in [0, 0.1) is 0 Å². The minimum absolute atomic E-state index is 0.0310. The number of hydrogen-bond donors (Lipinski definition) is 0. The molecule has 2 aliphatic rings. The molecule has 2 aromatic heterocycles. The van der Waals surface area contributed by atoms with Gasteiger partial charge in [-0.25, -0.2) is 8.42 Å². The van der Waals surface area contributed by atoms with Gasteiger partial charge in [0.15, 0.2) is 9.84 Å². The summed E-state index contributed by atoms with van der Waals surface area (Å²) in [6.07, 6.45) is 7.11. The second-order valence-electron chi connectivity index (χ2n) is 7.23. The fourth-order valence-electron chi connectivity index (χ4n) is 4.31. The molecule has 136 valence electrons. The molecule has 0 spiro atoms. The van der Waals surface area contributed by atoms with Gasteiger partial charge in [-0.1, -0.05) is 12.1 Å². The van der Waals surface area contributed by atoms with Crippen molar-refractivity contribution in [3.63, 3.8) is 0 Å². The average Bonchev–Trinajstić information content (AvgIpc) is 3.21. The number of pyridine rings is 2. The number of aromatic nitrogens is 2. The molecule has 3 aromatic rings. The summed E-state index contributed by atoms with van der Waals surface area (Å²) in [5, 5.41) is -0.349. The maximum absolute atomic E-state index is 13.1. The van der Waals surface area contributed by atoms with Crippen molar-refractivity contribution in [3.05, 3.63) is 78.4 Å². The molecule has 2 atom stereocenters. The lowest BCUT2D eigenvalue weighted by atomic mass is 9.95. The maximum Gasteiger partial charge on any atom is 0.183 e. The fourth-order valence-corrected chi connectivity index (χ4v) is 6.51. The van der Waals surface area contributed by atoms with Crippen LogP contribution in [-0.2, 0) is 16.4 Å². The summed E-state index contributed by atoms with van der Waals surface area (Å²) in [5.41, 5.74) is 4.14. The topological polar surface area (TPSA) is 63.2 Å². The molecule has 2 aliphatic heterocycles.